The van der Waals surface area contributed by atoms with Crippen LogP contribution in [-0.4, -0.2) is 56.1 Å². The highest BCUT2D eigenvalue weighted by Crippen LogP contribution is 2.38. The standard InChI is InChI=1S/C19H23BrN2O4/c1-13-4-6-16(26-13)19(23)22-10-8-21(9-11-22)12-14-5-7-15(24-2)18(25-3)17(14)20/h4-7H,8-12H2,1-3H3. The van der Waals surface area contributed by atoms with E-state index in [4.69, 9.17) is 13.9 Å². The molecule has 0 aliphatic carbocycles. The molecule has 1 aromatic heterocycles. The Hall–Kier alpha value is -1.99. The topological polar surface area (TPSA) is 55.2 Å². The van der Waals surface area contributed by atoms with Gasteiger partial charge in [-0.15, -0.1) is 0 Å². The summed E-state index contributed by atoms with van der Waals surface area (Å²) in [6.45, 7) is 5.62. The van der Waals surface area contributed by atoms with E-state index in [1.807, 2.05) is 30.0 Å². The number of hydrogen-bond acceptors (Lipinski definition) is 5. The molecule has 7 heteroatoms. The van der Waals surface area contributed by atoms with Crippen LogP contribution in [0.2, 0.25) is 0 Å². The molecule has 6 nitrogen and oxygen atoms in total. The molecular formula is C19H23BrN2O4. The van der Waals surface area contributed by atoms with E-state index < -0.39 is 0 Å². The summed E-state index contributed by atoms with van der Waals surface area (Å²) in [5, 5.41) is 0. The molecule has 140 valence electrons. The average molecular weight is 423 g/mol. The molecular weight excluding hydrogens is 400 g/mol. The molecule has 0 N–H and O–H groups in total. The zero-order valence-electron chi connectivity index (χ0n) is 15.3. The van der Waals surface area contributed by atoms with E-state index in [1.54, 1.807) is 20.3 Å². The number of carbonyl (C=O) groups excluding carboxylic acids is 1. The first kappa shape index (κ1) is 18.8. The second kappa shape index (κ2) is 8.14. The van der Waals surface area contributed by atoms with Gasteiger partial charge < -0.3 is 18.8 Å². The van der Waals surface area contributed by atoms with Crippen LogP contribution in [0.25, 0.3) is 0 Å². The predicted octanol–water partition coefficient (Wildman–Crippen LogP) is 3.33. The van der Waals surface area contributed by atoms with E-state index >= 15 is 0 Å². The maximum Gasteiger partial charge on any atom is 0.289 e. The van der Waals surface area contributed by atoms with E-state index in [-0.39, 0.29) is 5.91 Å². The maximum absolute atomic E-state index is 12.5. The number of hydrogen-bond donors (Lipinski definition) is 0. The lowest BCUT2D eigenvalue weighted by molar-refractivity contribution is 0.0596. The van der Waals surface area contributed by atoms with Gasteiger partial charge in [0.05, 0.1) is 18.7 Å². The number of ether oxygens (including phenoxy) is 2. The fraction of sp³-hybridized carbons (Fsp3) is 0.421. The van der Waals surface area contributed by atoms with E-state index in [1.165, 1.54) is 0 Å². The molecule has 1 saturated heterocycles. The molecule has 0 atom stereocenters. The number of halogens is 1. The lowest BCUT2D eigenvalue weighted by Gasteiger charge is -2.34. The molecule has 0 radical (unpaired) electrons. The highest BCUT2D eigenvalue weighted by molar-refractivity contribution is 9.10. The van der Waals surface area contributed by atoms with Gasteiger partial charge >= 0.3 is 0 Å². The molecule has 26 heavy (non-hydrogen) atoms. The van der Waals surface area contributed by atoms with Gasteiger partial charge in [0.2, 0.25) is 0 Å². The van der Waals surface area contributed by atoms with Crippen LogP contribution in [0, 0.1) is 6.92 Å². The largest absolute Gasteiger partial charge is 0.493 e. The molecule has 2 heterocycles. The van der Waals surface area contributed by atoms with E-state index in [2.05, 4.69) is 20.8 Å². The number of rotatable bonds is 5. The Labute approximate surface area is 161 Å². The number of nitrogens with zero attached hydrogens (tertiary/aromatic N) is 2. The van der Waals surface area contributed by atoms with Crippen molar-refractivity contribution in [3.63, 3.8) is 0 Å². The van der Waals surface area contributed by atoms with Crippen LogP contribution in [0.4, 0.5) is 0 Å². The Morgan fingerprint density at radius 3 is 2.42 bits per heavy atom. The molecule has 0 unspecified atom stereocenters. The Kier molecular flexibility index (Phi) is 5.88. The Balaban J connectivity index is 1.61. The Morgan fingerprint density at radius 1 is 1.12 bits per heavy atom. The lowest BCUT2D eigenvalue weighted by atomic mass is 10.1. The first-order chi connectivity index (χ1) is 12.5. The second-order valence-corrected chi connectivity index (χ2v) is 7.05. The van der Waals surface area contributed by atoms with Crippen molar-refractivity contribution in [2.45, 2.75) is 13.5 Å². The van der Waals surface area contributed by atoms with Crippen molar-refractivity contribution in [2.24, 2.45) is 0 Å². The number of piperazine rings is 1. The van der Waals surface area contributed by atoms with E-state index in [0.29, 0.717) is 30.3 Å². The number of amides is 1. The summed E-state index contributed by atoms with van der Waals surface area (Å²) in [7, 11) is 3.26. The lowest BCUT2D eigenvalue weighted by Crippen LogP contribution is -2.48. The summed E-state index contributed by atoms with van der Waals surface area (Å²) in [6, 6.07) is 7.51. The zero-order chi connectivity index (χ0) is 18.7. The summed E-state index contributed by atoms with van der Waals surface area (Å²) in [5.74, 6) is 2.54. The van der Waals surface area contributed by atoms with Gasteiger partial charge in [0.15, 0.2) is 17.3 Å². The average Bonchev–Trinajstić information content (AvgIpc) is 3.09. The van der Waals surface area contributed by atoms with Crippen molar-refractivity contribution in [3.8, 4) is 11.5 Å². The van der Waals surface area contributed by atoms with Gasteiger partial charge in [-0.05, 0) is 46.6 Å². The molecule has 1 aliphatic heterocycles. The van der Waals surface area contributed by atoms with Crippen LogP contribution in [0.5, 0.6) is 11.5 Å². The molecule has 1 aromatic carbocycles. The number of aryl methyl sites for hydroxylation is 1. The predicted molar refractivity (Wildman–Crippen MR) is 102 cm³/mol. The molecule has 1 aliphatic rings. The monoisotopic (exact) mass is 422 g/mol. The van der Waals surface area contributed by atoms with Gasteiger partial charge in [0.25, 0.3) is 5.91 Å². The van der Waals surface area contributed by atoms with Crippen molar-refractivity contribution in [3.05, 3.63) is 45.8 Å². The Morgan fingerprint density at radius 2 is 1.85 bits per heavy atom. The first-order valence-corrected chi connectivity index (χ1v) is 9.30. The first-order valence-electron chi connectivity index (χ1n) is 8.51. The van der Waals surface area contributed by atoms with Gasteiger partial charge in [-0.3, -0.25) is 9.69 Å². The van der Waals surface area contributed by atoms with Gasteiger partial charge in [-0.1, -0.05) is 6.07 Å². The van der Waals surface area contributed by atoms with Crippen molar-refractivity contribution in [1.82, 2.24) is 9.80 Å². The highest BCUT2D eigenvalue weighted by Gasteiger charge is 2.25. The van der Waals surface area contributed by atoms with Crippen molar-refractivity contribution in [2.75, 3.05) is 40.4 Å². The minimum atomic E-state index is -0.0370. The van der Waals surface area contributed by atoms with Crippen LogP contribution in [0.15, 0.2) is 33.2 Å². The van der Waals surface area contributed by atoms with Gasteiger partial charge in [0.1, 0.15) is 5.76 Å². The van der Waals surface area contributed by atoms with Gasteiger partial charge in [0, 0.05) is 32.7 Å². The van der Waals surface area contributed by atoms with Gasteiger partial charge in [-0.2, -0.15) is 0 Å². The van der Waals surface area contributed by atoms with Crippen LogP contribution in [0.3, 0.4) is 0 Å². The van der Waals surface area contributed by atoms with Gasteiger partial charge in [-0.25, -0.2) is 0 Å². The highest BCUT2D eigenvalue weighted by atomic mass is 79.9. The summed E-state index contributed by atoms with van der Waals surface area (Å²) < 4.78 is 17.1. The summed E-state index contributed by atoms with van der Waals surface area (Å²) in [4.78, 5) is 16.6. The minimum Gasteiger partial charge on any atom is -0.493 e. The third-order valence-electron chi connectivity index (χ3n) is 4.57. The normalized spacial score (nSPS) is 15.2. The molecule has 1 fully saturated rings. The molecule has 2 aromatic rings. The fourth-order valence-corrected chi connectivity index (χ4v) is 3.72. The van der Waals surface area contributed by atoms with Crippen LogP contribution < -0.4 is 9.47 Å². The molecule has 1 amide bonds. The van der Waals surface area contributed by atoms with Crippen LogP contribution >= 0.6 is 15.9 Å². The SMILES string of the molecule is COc1ccc(CN2CCN(C(=O)c3ccc(C)o3)CC2)c(Br)c1OC. The maximum atomic E-state index is 12.5. The molecule has 0 bridgehead atoms. The van der Waals surface area contributed by atoms with E-state index in [9.17, 15) is 4.79 Å². The summed E-state index contributed by atoms with van der Waals surface area (Å²) in [6.07, 6.45) is 0. The van der Waals surface area contributed by atoms with E-state index in [0.717, 1.165) is 35.4 Å². The van der Waals surface area contributed by atoms with Crippen molar-refractivity contribution >= 4 is 21.8 Å². The second-order valence-electron chi connectivity index (χ2n) is 6.25. The number of carbonyl (C=O) groups is 1. The quantitative estimate of drug-likeness (QED) is 0.739. The fourth-order valence-electron chi connectivity index (χ4n) is 3.11. The number of benzene rings is 1. The van der Waals surface area contributed by atoms with Crippen molar-refractivity contribution < 1.29 is 18.7 Å². The summed E-state index contributed by atoms with van der Waals surface area (Å²) in [5.41, 5.74) is 1.13. The summed E-state index contributed by atoms with van der Waals surface area (Å²) >= 11 is 3.62. The van der Waals surface area contributed by atoms with Crippen LogP contribution in [-0.2, 0) is 6.54 Å². The minimum absolute atomic E-state index is 0.0370. The zero-order valence-corrected chi connectivity index (χ0v) is 16.8. The smallest absolute Gasteiger partial charge is 0.289 e. The Bertz CT molecular complexity index is 782. The molecule has 3 rings (SSSR count). The number of furan rings is 1. The third-order valence-corrected chi connectivity index (χ3v) is 5.44. The third kappa shape index (κ3) is 3.88. The van der Waals surface area contributed by atoms with Crippen LogP contribution in [0.1, 0.15) is 21.9 Å². The molecule has 0 spiro atoms. The number of methoxy groups -OCH3 is 2. The van der Waals surface area contributed by atoms with Crippen molar-refractivity contribution in [1.29, 1.82) is 0 Å². The molecule has 0 saturated carbocycles.